The number of nitrogens with one attached hydrogen (secondary N) is 3. The largest absolute Gasteiger partial charge is 0.492 e. The zero-order valence-electron chi connectivity index (χ0n) is 17.8. The van der Waals surface area contributed by atoms with Crippen molar-refractivity contribution in [3.8, 4) is 5.75 Å². The van der Waals surface area contributed by atoms with Crippen LogP contribution in [-0.2, 0) is 10.0 Å². The third kappa shape index (κ3) is 5.99. The van der Waals surface area contributed by atoms with Gasteiger partial charge in [-0.1, -0.05) is 41.4 Å². The van der Waals surface area contributed by atoms with Crippen molar-refractivity contribution in [1.82, 2.24) is 15.5 Å². The second-order valence-electron chi connectivity index (χ2n) is 7.47. The van der Waals surface area contributed by atoms with Gasteiger partial charge in [0.15, 0.2) is 0 Å². The van der Waals surface area contributed by atoms with Gasteiger partial charge in [-0.15, -0.1) is 0 Å². The number of H-pyrrole nitrogens is 1. The summed E-state index contributed by atoms with van der Waals surface area (Å²) in [5.74, 6) is 0.665. The summed E-state index contributed by atoms with van der Waals surface area (Å²) in [6, 6.07) is 18.0. The average molecular weight is 521 g/mol. The number of hydrogen-bond donors (Lipinski definition) is 4. The number of halogens is 2. The molecule has 4 aromatic rings. The molecule has 1 aromatic heterocycles. The first kappa shape index (κ1) is 24.3. The standard InChI is InChI=1S/C23H22Cl2N4O4S/c24-16-4-2-6-19(12-16)34(31,32)29-17-5-1-3-15(11-17)22(30)14-26-9-10-33-18-7-8-20-21(13-18)27-28-23(20)25/h1-8,11-13,22,26,29-30H,9-10,14H2,(H,27,28)/t22-/m0/s1. The van der Waals surface area contributed by atoms with E-state index in [4.69, 9.17) is 27.9 Å². The lowest BCUT2D eigenvalue weighted by atomic mass is 10.1. The molecule has 11 heteroatoms. The maximum absolute atomic E-state index is 12.6. The minimum atomic E-state index is -3.80. The predicted molar refractivity (Wildman–Crippen MR) is 133 cm³/mol. The molecule has 0 bridgehead atoms. The van der Waals surface area contributed by atoms with Gasteiger partial charge < -0.3 is 15.2 Å². The molecular formula is C23H22Cl2N4O4S. The number of sulfonamides is 1. The number of hydrogen-bond acceptors (Lipinski definition) is 6. The molecule has 0 radical (unpaired) electrons. The fourth-order valence-electron chi connectivity index (χ4n) is 3.30. The molecule has 0 saturated heterocycles. The minimum absolute atomic E-state index is 0.0575. The number of aromatic nitrogens is 2. The molecule has 1 atom stereocenters. The van der Waals surface area contributed by atoms with Gasteiger partial charge in [-0.2, -0.15) is 5.10 Å². The zero-order valence-corrected chi connectivity index (χ0v) is 20.2. The van der Waals surface area contributed by atoms with Gasteiger partial charge in [-0.3, -0.25) is 9.82 Å². The smallest absolute Gasteiger partial charge is 0.261 e. The molecule has 3 aromatic carbocycles. The third-order valence-electron chi connectivity index (χ3n) is 5.00. The van der Waals surface area contributed by atoms with Crippen LogP contribution in [0.5, 0.6) is 5.75 Å². The van der Waals surface area contributed by atoms with E-state index in [1.807, 2.05) is 12.1 Å². The van der Waals surface area contributed by atoms with E-state index < -0.39 is 16.1 Å². The molecule has 0 saturated carbocycles. The van der Waals surface area contributed by atoms with E-state index in [0.717, 1.165) is 10.9 Å². The lowest BCUT2D eigenvalue weighted by Crippen LogP contribution is -2.26. The molecule has 0 unspecified atom stereocenters. The summed E-state index contributed by atoms with van der Waals surface area (Å²) in [5.41, 5.74) is 1.63. The Morgan fingerprint density at radius 3 is 2.71 bits per heavy atom. The van der Waals surface area contributed by atoms with Crippen molar-refractivity contribution >= 4 is 49.8 Å². The number of ether oxygens (including phenoxy) is 1. The van der Waals surface area contributed by atoms with Crippen LogP contribution in [0.4, 0.5) is 5.69 Å². The highest BCUT2D eigenvalue weighted by atomic mass is 35.5. The molecule has 1 heterocycles. The summed E-state index contributed by atoms with van der Waals surface area (Å²) in [6.45, 7) is 1.15. The fraction of sp³-hybridized carbons (Fsp3) is 0.174. The predicted octanol–water partition coefficient (Wildman–Crippen LogP) is 4.37. The van der Waals surface area contributed by atoms with E-state index in [9.17, 15) is 13.5 Å². The Kier molecular flexibility index (Phi) is 7.60. The quantitative estimate of drug-likeness (QED) is 0.230. The number of aliphatic hydroxyl groups excluding tert-OH is 1. The first-order valence-electron chi connectivity index (χ1n) is 10.4. The van der Waals surface area contributed by atoms with Crippen LogP contribution in [0.2, 0.25) is 10.2 Å². The van der Waals surface area contributed by atoms with E-state index in [1.54, 1.807) is 42.5 Å². The maximum Gasteiger partial charge on any atom is 0.261 e. The number of aliphatic hydroxyl groups is 1. The monoisotopic (exact) mass is 520 g/mol. The molecule has 0 aliphatic rings. The van der Waals surface area contributed by atoms with Crippen LogP contribution < -0.4 is 14.8 Å². The van der Waals surface area contributed by atoms with Crippen molar-refractivity contribution in [2.45, 2.75) is 11.0 Å². The van der Waals surface area contributed by atoms with Crippen molar-refractivity contribution in [3.05, 3.63) is 82.5 Å². The molecule has 8 nitrogen and oxygen atoms in total. The molecule has 0 spiro atoms. The number of fused-ring (bicyclic) bond motifs is 1. The maximum atomic E-state index is 12.6. The normalized spacial score (nSPS) is 12.6. The summed E-state index contributed by atoms with van der Waals surface area (Å²) >= 11 is 11.9. The Balaban J connectivity index is 1.27. The lowest BCUT2D eigenvalue weighted by molar-refractivity contribution is 0.172. The van der Waals surface area contributed by atoms with Crippen LogP contribution in [-0.4, -0.2) is 43.4 Å². The fourth-order valence-corrected chi connectivity index (χ4v) is 4.86. The van der Waals surface area contributed by atoms with E-state index in [1.165, 1.54) is 12.1 Å². The van der Waals surface area contributed by atoms with Gasteiger partial charge in [-0.25, -0.2) is 8.42 Å². The summed E-state index contributed by atoms with van der Waals surface area (Å²) < 4.78 is 33.4. The van der Waals surface area contributed by atoms with Crippen LogP contribution in [0.3, 0.4) is 0 Å². The van der Waals surface area contributed by atoms with E-state index >= 15 is 0 Å². The molecule has 4 N–H and O–H groups in total. The van der Waals surface area contributed by atoms with Crippen LogP contribution in [0.1, 0.15) is 11.7 Å². The van der Waals surface area contributed by atoms with Gasteiger partial charge in [0.2, 0.25) is 0 Å². The molecule has 178 valence electrons. The molecule has 0 aliphatic heterocycles. The Hall–Kier alpha value is -2.82. The number of nitrogens with zero attached hydrogens (tertiary/aromatic N) is 1. The molecule has 0 aliphatic carbocycles. The van der Waals surface area contributed by atoms with E-state index in [2.05, 4.69) is 20.2 Å². The highest BCUT2D eigenvalue weighted by Crippen LogP contribution is 2.25. The van der Waals surface area contributed by atoms with Crippen molar-refractivity contribution in [2.24, 2.45) is 0 Å². The number of anilines is 1. The second kappa shape index (κ2) is 10.6. The summed E-state index contributed by atoms with van der Waals surface area (Å²) in [6.07, 6.45) is -0.835. The highest BCUT2D eigenvalue weighted by Gasteiger charge is 2.16. The van der Waals surface area contributed by atoms with Gasteiger partial charge in [-0.05, 0) is 48.0 Å². The van der Waals surface area contributed by atoms with Gasteiger partial charge in [0.25, 0.3) is 10.0 Å². The van der Waals surface area contributed by atoms with Crippen LogP contribution in [0, 0.1) is 0 Å². The molecule has 4 rings (SSSR count). The zero-order chi connectivity index (χ0) is 24.1. The van der Waals surface area contributed by atoms with E-state index in [-0.39, 0.29) is 11.4 Å². The second-order valence-corrected chi connectivity index (χ2v) is 9.97. The summed E-state index contributed by atoms with van der Waals surface area (Å²) in [7, 11) is -3.80. The Bertz CT molecular complexity index is 1390. The van der Waals surface area contributed by atoms with Gasteiger partial charge in [0.05, 0.1) is 16.5 Å². The highest BCUT2D eigenvalue weighted by molar-refractivity contribution is 7.92. The third-order valence-corrected chi connectivity index (χ3v) is 6.90. The molecule has 34 heavy (non-hydrogen) atoms. The SMILES string of the molecule is O=S(=O)(Nc1cccc([C@@H](O)CNCCOc2ccc3c(Cl)[nH]nc3c2)c1)c1cccc(Cl)c1. The van der Waals surface area contributed by atoms with Crippen molar-refractivity contribution in [2.75, 3.05) is 24.4 Å². The number of aromatic amines is 1. The molecular weight excluding hydrogens is 499 g/mol. The first-order valence-corrected chi connectivity index (χ1v) is 12.6. The topological polar surface area (TPSA) is 116 Å². The van der Waals surface area contributed by atoms with E-state index in [0.29, 0.717) is 40.3 Å². The minimum Gasteiger partial charge on any atom is -0.492 e. The van der Waals surface area contributed by atoms with Gasteiger partial charge in [0, 0.05) is 35.3 Å². The van der Waals surface area contributed by atoms with Crippen molar-refractivity contribution in [3.63, 3.8) is 0 Å². The van der Waals surface area contributed by atoms with Gasteiger partial charge in [0.1, 0.15) is 17.5 Å². The number of rotatable bonds is 10. The summed E-state index contributed by atoms with van der Waals surface area (Å²) in [5, 5.41) is 22.1. The van der Waals surface area contributed by atoms with Crippen LogP contribution >= 0.6 is 23.2 Å². The van der Waals surface area contributed by atoms with Crippen molar-refractivity contribution in [1.29, 1.82) is 0 Å². The van der Waals surface area contributed by atoms with Crippen molar-refractivity contribution < 1.29 is 18.3 Å². The van der Waals surface area contributed by atoms with Gasteiger partial charge >= 0.3 is 0 Å². The first-order chi connectivity index (χ1) is 16.3. The van der Waals surface area contributed by atoms with Crippen LogP contribution in [0.15, 0.2) is 71.6 Å². The Morgan fingerprint density at radius 1 is 1.06 bits per heavy atom. The van der Waals surface area contributed by atoms with Crippen LogP contribution in [0.25, 0.3) is 10.9 Å². The average Bonchev–Trinajstić information content (AvgIpc) is 3.18. The molecule has 0 amide bonds. The lowest BCUT2D eigenvalue weighted by Gasteiger charge is -2.15. The Morgan fingerprint density at radius 2 is 1.88 bits per heavy atom. The number of benzene rings is 3. The summed E-state index contributed by atoms with van der Waals surface area (Å²) in [4.78, 5) is 0.0575. The molecule has 0 fully saturated rings. The Labute approximate surface area is 206 Å².